The minimum atomic E-state index is -0.0109. The van der Waals surface area contributed by atoms with E-state index < -0.39 is 0 Å². The van der Waals surface area contributed by atoms with Crippen molar-refractivity contribution in [3.63, 3.8) is 0 Å². The summed E-state index contributed by atoms with van der Waals surface area (Å²) in [6.45, 7) is 0.825. The zero-order valence-corrected chi connectivity index (χ0v) is 12.4. The number of hydrogen-bond acceptors (Lipinski definition) is 3. The fourth-order valence-corrected chi connectivity index (χ4v) is 2.57. The first-order valence-electron chi connectivity index (χ1n) is 6.61. The zero-order valence-electron chi connectivity index (χ0n) is 10.8. The third-order valence-corrected chi connectivity index (χ3v) is 3.75. The summed E-state index contributed by atoms with van der Waals surface area (Å²) in [4.78, 5) is 11.9. The lowest BCUT2D eigenvalue weighted by Gasteiger charge is -2.22. The van der Waals surface area contributed by atoms with Gasteiger partial charge < -0.3 is 15.8 Å². The predicted molar refractivity (Wildman–Crippen MR) is 80.0 cm³/mol. The van der Waals surface area contributed by atoms with Crippen molar-refractivity contribution >= 4 is 33.2 Å². The highest BCUT2D eigenvalue weighted by molar-refractivity contribution is 9.10. The average molecular weight is 327 g/mol. The molecule has 1 heterocycles. The van der Waals surface area contributed by atoms with Gasteiger partial charge in [0.05, 0.1) is 17.5 Å². The van der Waals surface area contributed by atoms with Crippen LogP contribution in [0, 0.1) is 0 Å². The quantitative estimate of drug-likeness (QED) is 0.834. The predicted octanol–water partition coefficient (Wildman–Crippen LogP) is 3.32. The van der Waals surface area contributed by atoms with Gasteiger partial charge >= 0.3 is 0 Å². The number of hydrogen-bond donors (Lipinski definition) is 2. The highest BCUT2D eigenvalue weighted by Crippen LogP contribution is 2.23. The molecule has 1 saturated heterocycles. The van der Waals surface area contributed by atoms with Gasteiger partial charge in [-0.3, -0.25) is 4.79 Å². The van der Waals surface area contributed by atoms with Crippen molar-refractivity contribution in [1.29, 1.82) is 0 Å². The molecule has 0 aliphatic carbocycles. The SMILES string of the molecule is Nc1cc(Br)ccc1NC(=O)CCC1CCCCO1. The van der Waals surface area contributed by atoms with Crippen molar-refractivity contribution in [3.8, 4) is 0 Å². The molecule has 1 aliphatic heterocycles. The Hall–Kier alpha value is -1.07. The molecular formula is C14H19BrN2O2. The lowest BCUT2D eigenvalue weighted by Crippen LogP contribution is -2.22. The fourth-order valence-electron chi connectivity index (χ4n) is 2.19. The second-order valence-corrected chi connectivity index (χ2v) is 5.72. The van der Waals surface area contributed by atoms with Crippen LogP contribution in [0.2, 0.25) is 0 Å². The number of rotatable bonds is 4. The Labute approximate surface area is 121 Å². The third-order valence-electron chi connectivity index (χ3n) is 3.26. The molecular weight excluding hydrogens is 308 g/mol. The number of nitrogen functional groups attached to an aromatic ring is 1. The van der Waals surface area contributed by atoms with Crippen LogP contribution < -0.4 is 11.1 Å². The van der Waals surface area contributed by atoms with Crippen LogP contribution in [0.5, 0.6) is 0 Å². The van der Waals surface area contributed by atoms with Gasteiger partial charge in [-0.1, -0.05) is 15.9 Å². The molecule has 3 N–H and O–H groups in total. The number of carbonyl (C=O) groups excluding carboxylic acids is 1. The molecule has 1 aliphatic rings. The smallest absolute Gasteiger partial charge is 0.224 e. The van der Waals surface area contributed by atoms with Gasteiger partial charge in [-0.15, -0.1) is 0 Å². The van der Waals surface area contributed by atoms with Crippen LogP contribution in [0.3, 0.4) is 0 Å². The van der Waals surface area contributed by atoms with Crippen LogP contribution in [0.4, 0.5) is 11.4 Å². The van der Waals surface area contributed by atoms with E-state index in [0.29, 0.717) is 17.8 Å². The summed E-state index contributed by atoms with van der Waals surface area (Å²) in [5.41, 5.74) is 7.07. The third kappa shape index (κ3) is 4.51. The molecule has 1 fully saturated rings. The molecule has 104 valence electrons. The molecule has 19 heavy (non-hydrogen) atoms. The Balaban J connectivity index is 1.80. The number of nitrogens with one attached hydrogen (secondary N) is 1. The van der Waals surface area contributed by atoms with Crippen LogP contribution in [0.1, 0.15) is 32.1 Å². The highest BCUT2D eigenvalue weighted by Gasteiger charge is 2.15. The number of anilines is 2. The topological polar surface area (TPSA) is 64.3 Å². The molecule has 0 aromatic heterocycles. The second kappa shape index (κ2) is 6.91. The maximum Gasteiger partial charge on any atom is 0.224 e. The molecule has 2 rings (SSSR count). The average Bonchev–Trinajstić information content (AvgIpc) is 2.41. The summed E-state index contributed by atoms with van der Waals surface area (Å²) in [5.74, 6) is -0.0109. The Bertz CT molecular complexity index is 445. The van der Waals surface area contributed by atoms with Crippen LogP contribution in [-0.2, 0) is 9.53 Å². The molecule has 1 aromatic carbocycles. The van der Waals surface area contributed by atoms with Crippen molar-refractivity contribution in [2.45, 2.75) is 38.2 Å². The number of ether oxygens (including phenoxy) is 1. The monoisotopic (exact) mass is 326 g/mol. The lowest BCUT2D eigenvalue weighted by molar-refractivity contribution is -0.117. The van der Waals surface area contributed by atoms with Crippen molar-refractivity contribution < 1.29 is 9.53 Å². The zero-order chi connectivity index (χ0) is 13.7. The van der Waals surface area contributed by atoms with E-state index in [4.69, 9.17) is 10.5 Å². The van der Waals surface area contributed by atoms with E-state index in [1.165, 1.54) is 6.42 Å². The van der Waals surface area contributed by atoms with Gasteiger partial charge in [0.1, 0.15) is 0 Å². The Morgan fingerprint density at radius 2 is 2.32 bits per heavy atom. The van der Waals surface area contributed by atoms with E-state index in [1.807, 2.05) is 6.07 Å². The van der Waals surface area contributed by atoms with Gasteiger partial charge in [-0.05, 0) is 43.9 Å². The number of carbonyl (C=O) groups is 1. The fraction of sp³-hybridized carbons (Fsp3) is 0.500. The van der Waals surface area contributed by atoms with E-state index in [2.05, 4.69) is 21.2 Å². The van der Waals surface area contributed by atoms with Gasteiger partial charge in [0.25, 0.3) is 0 Å². The number of halogens is 1. The van der Waals surface area contributed by atoms with Gasteiger partial charge in [-0.25, -0.2) is 0 Å². The van der Waals surface area contributed by atoms with Gasteiger partial charge in [-0.2, -0.15) is 0 Å². The summed E-state index contributed by atoms with van der Waals surface area (Å²) in [7, 11) is 0. The molecule has 0 bridgehead atoms. The van der Waals surface area contributed by atoms with E-state index in [-0.39, 0.29) is 12.0 Å². The summed E-state index contributed by atoms with van der Waals surface area (Å²) < 4.78 is 6.51. The minimum Gasteiger partial charge on any atom is -0.397 e. The largest absolute Gasteiger partial charge is 0.397 e. The van der Waals surface area contributed by atoms with E-state index in [1.54, 1.807) is 12.1 Å². The molecule has 0 saturated carbocycles. The van der Waals surface area contributed by atoms with E-state index in [9.17, 15) is 4.79 Å². The summed E-state index contributed by atoms with van der Waals surface area (Å²) in [6.07, 6.45) is 4.89. The molecule has 1 unspecified atom stereocenters. The standard InChI is InChI=1S/C14H19BrN2O2/c15-10-4-6-13(12(16)9-10)17-14(18)7-5-11-3-1-2-8-19-11/h4,6,9,11H,1-3,5,7-8,16H2,(H,17,18). The van der Waals surface area contributed by atoms with Crippen molar-refractivity contribution in [1.82, 2.24) is 0 Å². The first-order valence-corrected chi connectivity index (χ1v) is 7.41. The molecule has 4 nitrogen and oxygen atoms in total. The Morgan fingerprint density at radius 3 is 3.00 bits per heavy atom. The van der Waals surface area contributed by atoms with Crippen molar-refractivity contribution in [2.75, 3.05) is 17.7 Å². The van der Waals surface area contributed by atoms with Crippen LogP contribution >= 0.6 is 15.9 Å². The second-order valence-electron chi connectivity index (χ2n) is 4.81. The Kier molecular flexibility index (Phi) is 5.22. The molecule has 1 aromatic rings. The lowest BCUT2D eigenvalue weighted by atomic mass is 10.0. The van der Waals surface area contributed by atoms with Crippen molar-refractivity contribution in [2.24, 2.45) is 0 Å². The maximum absolute atomic E-state index is 11.9. The summed E-state index contributed by atoms with van der Waals surface area (Å²) in [5, 5.41) is 2.84. The summed E-state index contributed by atoms with van der Waals surface area (Å²) in [6, 6.07) is 5.44. The molecule has 0 spiro atoms. The van der Waals surface area contributed by atoms with E-state index in [0.717, 1.165) is 30.3 Å². The van der Waals surface area contributed by atoms with Gasteiger partial charge in [0.15, 0.2) is 0 Å². The molecule has 5 heteroatoms. The molecule has 1 amide bonds. The first kappa shape index (κ1) is 14.3. The van der Waals surface area contributed by atoms with Gasteiger partial charge in [0, 0.05) is 17.5 Å². The van der Waals surface area contributed by atoms with Crippen LogP contribution in [0.15, 0.2) is 22.7 Å². The number of amides is 1. The highest BCUT2D eigenvalue weighted by atomic mass is 79.9. The molecule has 1 atom stereocenters. The van der Waals surface area contributed by atoms with E-state index >= 15 is 0 Å². The number of nitrogens with two attached hydrogens (primary N) is 1. The number of benzene rings is 1. The normalized spacial score (nSPS) is 19.1. The Morgan fingerprint density at radius 1 is 1.47 bits per heavy atom. The minimum absolute atomic E-state index is 0.0109. The van der Waals surface area contributed by atoms with Crippen LogP contribution in [-0.4, -0.2) is 18.6 Å². The van der Waals surface area contributed by atoms with Crippen molar-refractivity contribution in [3.05, 3.63) is 22.7 Å². The summed E-state index contributed by atoms with van der Waals surface area (Å²) >= 11 is 3.34. The maximum atomic E-state index is 11.9. The van der Waals surface area contributed by atoms with Crippen LogP contribution in [0.25, 0.3) is 0 Å². The molecule has 0 radical (unpaired) electrons. The van der Waals surface area contributed by atoms with Gasteiger partial charge in [0.2, 0.25) is 5.91 Å². The first-order chi connectivity index (χ1) is 9.15.